The number of β-amino-alcohol motifs (C(OH)–C–C–N with tert-alkyl or cyclic N) is 1. The lowest BCUT2D eigenvalue weighted by molar-refractivity contribution is 0.0880. The monoisotopic (exact) mass is 402 g/mol. The molecule has 11 heteroatoms. The third kappa shape index (κ3) is 5.46. The van der Waals surface area contributed by atoms with Gasteiger partial charge in [0.25, 0.3) is 0 Å². The fourth-order valence-electron chi connectivity index (χ4n) is 3.70. The largest absolute Gasteiger partial charge is 0.395 e. The maximum Gasteiger partial charge on any atom is 0.216 e. The van der Waals surface area contributed by atoms with Crippen LogP contribution in [0.1, 0.15) is 12.1 Å². The van der Waals surface area contributed by atoms with E-state index in [9.17, 15) is 8.42 Å². The van der Waals surface area contributed by atoms with Crippen LogP contribution in [0.4, 0.5) is 0 Å². The molecular formula is C16H30N6O4S. The SMILES string of the molecule is COCCCn1cc(CN2CC(N3CCN(CCO)CC3)CS2(=O)=O)nn1. The first-order valence-electron chi connectivity index (χ1n) is 9.45. The molecule has 0 aliphatic carbocycles. The summed E-state index contributed by atoms with van der Waals surface area (Å²) >= 11 is 0. The number of sulfonamides is 1. The van der Waals surface area contributed by atoms with E-state index in [1.165, 1.54) is 4.31 Å². The van der Waals surface area contributed by atoms with Crippen LogP contribution in [0.15, 0.2) is 6.20 Å². The first-order valence-corrected chi connectivity index (χ1v) is 11.1. The summed E-state index contributed by atoms with van der Waals surface area (Å²) in [5.41, 5.74) is 0.671. The Kier molecular flexibility index (Phi) is 7.17. The number of nitrogens with zero attached hydrogens (tertiary/aromatic N) is 6. The van der Waals surface area contributed by atoms with Crippen molar-refractivity contribution in [3.05, 3.63) is 11.9 Å². The van der Waals surface area contributed by atoms with E-state index < -0.39 is 10.0 Å². The molecule has 0 radical (unpaired) electrons. The lowest BCUT2D eigenvalue weighted by Crippen LogP contribution is -2.52. The third-order valence-corrected chi connectivity index (χ3v) is 7.08. The van der Waals surface area contributed by atoms with Gasteiger partial charge in [-0.1, -0.05) is 5.21 Å². The van der Waals surface area contributed by atoms with Gasteiger partial charge in [-0.05, 0) is 6.42 Å². The van der Waals surface area contributed by atoms with Crippen LogP contribution < -0.4 is 0 Å². The summed E-state index contributed by atoms with van der Waals surface area (Å²) < 4.78 is 33.5. The van der Waals surface area contributed by atoms with E-state index in [-0.39, 0.29) is 24.9 Å². The summed E-state index contributed by atoms with van der Waals surface area (Å²) in [6, 6.07) is 0.0167. The molecule has 0 aromatic carbocycles. The van der Waals surface area contributed by atoms with Gasteiger partial charge in [0.15, 0.2) is 0 Å². The molecule has 1 atom stereocenters. The molecule has 3 rings (SSSR count). The smallest absolute Gasteiger partial charge is 0.216 e. The molecule has 1 aromatic heterocycles. The highest BCUT2D eigenvalue weighted by atomic mass is 32.2. The van der Waals surface area contributed by atoms with Crippen LogP contribution >= 0.6 is 0 Å². The summed E-state index contributed by atoms with van der Waals surface area (Å²) in [6.07, 6.45) is 2.65. The molecule has 1 unspecified atom stereocenters. The number of rotatable bonds is 9. The minimum absolute atomic E-state index is 0.0167. The molecule has 1 aromatic rings. The Morgan fingerprint density at radius 1 is 1.26 bits per heavy atom. The molecule has 1 N–H and O–H groups in total. The quantitative estimate of drug-likeness (QED) is 0.495. The van der Waals surface area contributed by atoms with Gasteiger partial charge in [-0.3, -0.25) is 14.5 Å². The first-order chi connectivity index (χ1) is 13.0. The van der Waals surface area contributed by atoms with Gasteiger partial charge in [-0.15, -0.1) is 5.10 Å². The van der Waals surface area contributed by atoms with Gasteiger partial charge in [0, 0.05) is 71.8 Å². The Labute approximate surface area is 160 Å². The van der Waals surface area contributed by atoms with E-state index in [2.05, 4.69) is 20.1 Å². The molecule has 27 heavy (non-hydrogen) atoms. The number of hydrogen-bond acceptors (Lipinski definition) is 8. The third-order valence-electron chi connectivity index (χ3n) is 5.21. The molecule has 2 aliphatic heterocycles. The molecule has 154 valence electrons. The summed E-state index contributed by atoms with van der Waals surface area (Å²) in [5, 5.41) is 17.2. The van der Waals surface area contributed by atoms with Crippen molar-refractivity contribution in [1.82, 2.24) is 29.1 Å². The average Bonchev–Trinajstić information content (AvgIpc) is 3.21. The molecule has 2 aliphatic rings. The van der Waals surface area contributed by atoms with Crippen molar-refractivity contribution in [2.45, 2.75) is 25.6 Å². The van der Waals surface area contributed by atoms with Crippen LogP contribution in [0.3, 0.4) is 0 Å². The minimum Gasteiger partial charge on any atom is -0.395 e. The average molecular weight is 403 g/mol. The van der Waals surface area contributed by atoms with Gasteiger partial charge in [-0.2, -0.15) is 4.31 Å². The van der Waals surface area contributed by atoms with E-state index in [0.717, 1.165) is 32.6 Å². The van der Waals surface area contributed by atoms with Crippen molar-refractivity contribution in [2.75, 3.05) is 65.3 Å². The summed E-state index contributed by atoms with van der Waals surface area (Å²) in [5.74, 6) is 0.162. The highest BCUT2D eigenvalue weighted by Crippen LogP contribution is 2.22. The van der Waals surface area contributed by atoms with Crippen LogP contribution in [0.25, 0.3) is 0 Å². The Hall–Kier alpha value is -1.11. The molecule has 0 bridgehead atoms. The highest BCUT2D eigenvalue weighted by Gasteiger charge is 2.40. The maximum absolute atomic E-state index is 12.6. The van der Waals surface area contributed by atoms with Gasteiger partial charge in [0.1, 0.15) is 0 Å². The molecule has 0 saturated carbocycles. The fourth-order valence-corrected chi connectivity index (χ4v) is 5.44. The summed E-state index contributed by atoms with van der Waals surface area (Å²) in [6.45, 7) is 6.39. The molecule has 10 nitrogen and oxygen atoms in total. The molecule has 2 fully saturated rings. The van der Waals surface area contributed by atoms with Crippen LogP contribution in [0.2, 0.25) is 0 Å². The van der Waals surface area contributed by atoms with Crippen LogP contribution in [-0.2, 0) is 27.8 Å². The van der Waals surface area contributed by atoms with Gasteiger partial charge in [0.05, 0.1) is 24.6 Å². The number of piperazine rings is 1. The van der Waals surface area contributed by atoms with Gasteiger partial charge >= 0.3 is 0 Å². The molecule has 2 saturated heterocycles. The number of aryl methyl sites for hydroxylation is 1. The Morgan fingerprint density at radius 2 is 2.04 bits per heavy atom. The van der Waals surface area contributed by atoms with Crippen molar-refractivity contribution in [1.29, 1.82) is 0 Å². The number of ether oxygens (including phenoxy) is 1. The zero-order chi connectivity index (χ0) is 19.3. The second-order valence-corrected chi connectivity index (χ2v) is 9.16. The number of aromatic nitrogens is 3. The van der Waals surface area contributed by atoms with Crippen molar-refractivity contribution < 1.29 is 18.3 Å². The van der Waals surface area contributed by atoms with Gasteiger partial charge in [-0.25, -0.2) is 8.42 Å². The van der Waals surface area contributed by atoms with E-state index >= 15 is 0 Å². The number of hydrogen-bond donors (Lipinski definition) is 1. The van der Waals surface area contributed by atoms with Crippen molar-refractivity contribution in [2.24, 2.45) is 0 Å². The van der Waals surface area contributed by atoms with Crippen molar-refractivity contribution in [3.63, 3.8) is 0 Å². The van der Waals surface area contributed by atoms with Crippen LogP contribution in [0, 0.1) is 0 Å². The molecular weight excluding hydrogens is 372 g/mol. The Bertz CT molecular complexity index is 689. The minimum atomic E-state index is -3.28. The van der Waals surface area contributed by atoms with E-state index in [0.29, 0.717) is 31.9 Å². The second-order valence-electron chi connectivity index (χ2n) is 7.15. The maximum atomic E-state index is 12.6. The Balaban J connectivity index is 1.53. The van der Waals surface area contributed by atoms with E-state index in [1.54, 1.807) is 11.8 Å². The highest BCUT2D eigenvalue weighted by molar-refractivity contribution is 7.89. The molecule has 3 heterocycles. The van der Waals surface area contributed by atoms with Crippen LogP contribution in [-0.4, -0.2) is 114 Å². The first kappa shape index (κ1) is 20.6. The Morgan fingerprint density at radius 3 is 2.74 bits per heavy atom. The lowest BCUT2D eigenvalue weighted by atomic mass is 10.2. The predicted molar refractivity (Wildman–Crippen MR) is 99.6 cm³/mol. The number of aliphatic hydroxyl groups is 1. The number of methoxy groups -OCH3 is 1. The lowest BCUT2D eigenvalue weighted by Gasteiger charge is -2.37. The number of aliphatic hydroxyl groups excluding tert-OH is 1. The molecule has 0 amide bonds. The molecule has 0 spiro atoms. The van der Waals surface area contributed by atoms with Gasteiger partial charge in [0.2, 0.25) is 10.0 Å². The van der Waals surface area contributed by atoms with Gasteiger partial charge < -0.3 is 9.84 Å². The van der Waals surface area contributed by atoms with Crippen molar-refractivity contribution in [3.8, 4) is 0 Å². The predicted octanol–water partition coefficient (Wildman–Crippen LogP) is -1.56. The zero-order valence-corrected chi connectivity index (χ0v) is 16.7. The topological polar surface area (TPSA) is 104 Å². The summed E-state index contributed by atoms with van der Waals surface area (Å²) in [4.78, 5) is 4.46. The standard InChI is InChI=1S/C16H30N6O4S/c1-26-10-2-3-21-11-15(17-18-21)12-22-13-16(14-27(22,24)25)20-6-4-19(5-7-20)8-9-23/h11,16,23H,2-10,12-14H2,1H3. The zero-order valence-electron chi connectivity index (χ0n) is 15.9. The van der Waals surface area contributed by atoms with Crippen LogP contribution in [0.5, 0.6) is 0 Å². The van der Waals surface area contributed by atoms with E-state index in [1.807, 2.05) is 6.20 Å². The second kappa shape index (κ2) is 9.39. The summed E-state index contributed by atoms with van der Waals surface area (Å²) in [7, 11) is -1.62. The fraction of sp³-hybridized carbons (Fsp3) is 0.875. The van der Waals surface area contributed by atoms with E-state index in [4.69, 9.17) is 9.84 Å². The van der Waals surface area contributed by atoms with Crippen molar-refractivity contribution >= 4 is 10.0 Å². The normalized spacial score (nSPS) is 24.6.